The van der Waals surface area contributed by atoms with Gasteiger partial charge in [0.05, 0.1) is 10.9 Å². The summed E-state index contributed by atoms with van der Waals surface area (Å²) in [6.45, 7) is 3.33. The zero-order chi connectivity index (χ0) is 19.2. The molecule has 1 saturated carbocycles. The number of rotatable bonds is 7. The summed E-state index contributed by atoms with van der Waals surface area (Å²) in [7, 11) is 0. The molecule has 6 nitrogen and oxygen atoms in total. The molecule has 3 rings (SSSR count). The molecule has 6 heteroatoms. The lowest BCUT2D eigenvalue weighted by molar-refractivity contribution is -0.126. The molecule has 0 atom stereocenters. The molecule has 2 aromatic rings. The Kier molecular flexibility index (Phi) is 6.48. The van der Waals surface area contributed by atoms with E-state index in [9.17, 15) is 14.4 Å². The van der Waals surface area contributed by atoms with E-state index in [1.807, 2.05) is 0 Å². The summed E-state index contributed by atoms with van der Waals surface area (Å²) in [5, 5.41) is 3.58. The van der Waals surface area contributed by atoms with Crippen LogP contribution in [-0.2, 0) is 11.3 Å². The van der Waals surface area contributed by atoms with E-state index in [1.165, 1.54) is 4.57 Å². The summed E-state index contributed by atoms with van der Waals surface area (Å²) in [6.07, 6.45) is 6.70. The highest BCUT2D eigenvalue weighted by Crippen LogP contribution is 2.29. The Morgan fingerprint density at radius 2 is 1.89 bits per heavy atom. The molecule has 0 unspecified atom stereocenters. The summed E-state index contributed by atoms with van der Waals surface area (Å²) >= 11 is 0. The van der Waals surface area contributed by atoms with Crippen LogP contribution < -0.4 is 16.6 Å². The normalized spacial score (nSPS) is 19.9. The predicted octanol–water partition coefficient (Wildman–Crippen LogP) is 2.80. The van der Waals surface area contributed by atoms with Gasteiger partial charge in [-0.25, -0.2) is 4.79 Å². The summed E-state index contributed by atoms with van der Waals surface area (Å²) in [6, 6.07) is 7.09. The monoisotopic (exact) mass is 371 g/mol. The van der Waals surface area contributed by atoms with Gasteiger partial charge in [-0.2, -0.15) is 0 Å². The second kappa shape index (κ2) is 9.02. The second-order valence-corrected chi connectivity index (χ2v) is 7.61. The van der Waals surface area contributed by atoms with Crippen LogP contribution in [0.4, 0.5) is 0 Å². The first-order valence-electron chi connectivity index (χ1n) is 10.1. The minimum Gasteiger partial charge on any atom is -0.356 e. The van der Waals surface area contributed by atoms with Crippen molar-refractivity contribution in [3.8, 4) is 0 Å². The Balaban J connectivity index is 1.58. The van der Waals surface area contributed by atoms with Crippen LogP contribution >= 0.6 is 0 Å². The van der Waals surface area contributed by atoms with E-state index in [4.69, 9.17) is 0 Å². The molecule has 27 heavy (non-hydrogen) atoms. The van der Waals surface area contributed by atoms with Gasteiger partial charge in [0.15, 0.2) is 0 Å². The SMILES string of the molecule is CCCCCNC(=O)C1CCC(Cn2c(=O)[nH]c3ccccc3c2=O)CC1. The van der Waals surface area contributed by atoms with Crippen molar-refractivity contribution in [3.63, 3.8) is 0 Å². The molecular weight excluding hydrogens is 342 g/mol. The molecular formula is C21H29N3O3. The highest BCUT2D eigenvalue weighted by atomic mass is 16.2. The lowest BCUT2D eigenvalue weighted by atomic mass is 9.81. The quantitative estimate of drug-likeness (QED) is 0.734. The summed E-state index contributed by atoms with van der Waals surface area (Å²) in [5.74, 6) is 0.480. The van der Waals surface area contributed by atoms with E-state index >= 15 is 0 Å². The summed E-state index contributed by atoms with van der Waals surface area (Å²) < 4.78 is 1.32. The molecule has 1 fully saturated rings. The van der Waals surface area contributed by atoms with Gasteiger partial charge in [-0.15, -0.1) is 0 Å². The third kappa shape index (κ3) is 4.67. The molecule has 0 saturated heterocycles. The molecule has 1 aromatic carbocycles. The Labute approximate surface area is 159 Å². The number of nitrogens with one attached hydrogen (secondary N) is 2. The van der Waals surface area contributed by atoms with Gasteiger partial charge in [0.2, 0.25) is 5.91 Å². The van der Waals surface area contributed by atoms with Crippen LogP contribution in [0.25, 0.3) is 10.9 Å². The van der Waals surface area contributed by atoms with E-state index in [-0.39, 0.29) is 29.0 Å². The number of para-hydroxylation sites is 1. The molecule has 1 heterocycles. The number of carbonyl (C=O) groups is 1. The molecule has 1 amide bonds. The third-order valence-electron chi connectivity index (χ3n) is 5.63. The standard InChI is InChI=1S/C21H29N3O3/c1-2-3-6-13-22-19(25)16-11-9-15(10-12-16)14-24-20(26)17-7-4-5-8-18(17)23-21(24)27/h4-5,7-8,15-16H,2-3,6,9-14H2,1H3,(H,22,25)(H,23,27). The largest absolute Gasteiger partial charge is 0.356 e. The maximum atomic E-state index is 12.6. The van der Waals surface area contributed by atoms with Gasteiger partial charge < -0.3 is 10.3 Å². The van der Waals surface area contributed by atoms with Crippen molar-refractivity contribution in [1.29, 1.82) is 0 Å². The molecule has 0 radical (unpaired) electrons. The van der Waals surface area contributed by atoms with Crippen LogP contribution in [0.1, 0.15) is 51.9 Å². The number of fused-ring (bicyclic) bond motifs is 1. The first-order chi connectivity index (χ1) is 13.1. The summed E-state index contributed by atoms with van der Waals surface area (Å²) in [4.78, 5) is 40.0. The van der Waals surface area contributed by atoms with E-state index in [1.54, 1.807) is 24.3 Å². The van der Waals surface area contributed by atoms with Crippen molar-refractivity contribution in [2.24, 2.45) is 11.8 Å². The Bertz CT molecular complexity index is 891. The number of aromatic nitrogens is 2. The van der Waals surface area contributed by atoms with Crippen LogP contribution in [0, 0.1) is 11.8 Å². The van der Waals surface area contributed by atoms with Crippen LogP contribution in [0.2, 0.25) is 0 Å². The maximum absolute atomic E-state index is 12.6. The molecule has 146 valence electrons. The lowest BCUT2D eigenvalue weighted by Gasteiger charge is -2.28. The number of carbonyl (C=O) groups excluding carboxylic acids is 1. The van der Waals surface area contributed by atoms with Gasteiger partial charge in [0.25, 0.3) is 5.56 Å². The minimum atomic E-state index is -0.352. The fraction of sp³-hybridized carbons (Fsp3) is 0.571. The zero-order valence-corrected chi connectivity index (χ0v) is 16.0. The van der Waals surface area contributed by atoms with E-state index in [0.717, 1.165) is 51.5 Å². The van der Waals surface area contributed by atoms with Crippen molar-refractivity contribution >= 4 is 16.8 Å². The van der Waals surface area contributed by atoms with Gasteiger partial charge in [0.1, 0.15) is 0 Å². The Morgan fingerprint density at radius 1 is 1.15 bits per heavy atom. The number of H-pyrrole nitrogens is 1. The number of nitrogens with zero attached hydrogens (tertiary/aromatic N) is 1. The molecule has 1 aliphatic rings. The highest BCUT2D eigenvalue weighted by molar-refractivity contribution is 5.78. The van der Waals surface area contributed by atoms with Crippen molar-refractivity contribution in [2.45, 2.75) is 58.4 Å². The molecule has 0 aliphatic heterocycles. The molecule has 1 aliphatic carbocycles. The lowest BCUT2D eigenvalue weighted by Crippen LogP contribution is -2.39. The van der Waals surface area contributed by atoms with Crippen molar-refractivity contribution in [3.05, 3.63) is 45.1 Å². The van der Waals surface area contributed by atoms with Crippen molar-refractivity contribution < 1.29 is 4.79 Å². The number of benzene rings is 1. The number of hydrogen-bond donors (Lipinski definition) is 2. The topological polar surface area (TPSA) is 84.0 Å². The van der Waals surface area contributed by atoms with E-state index in [0.29, 0.717) is 17.4 Å². The molecule has 0 spiro atoms. The Morgan fingerprint density at radius 3 is 2.63 bits per heavy atom. The number of aromatic amines is 1. The average Bonchev–Trinajstić information content (AvgIpc) is 2.69. The molecule has 1 aromatic heterocycles. The highest BCUT2D eigenvalue weighted by Gasteiger charge is 2.27. The Hall–Kier alpha value is -2.37. The van der Waals surface area contributed by atoms with Crippen LogP contribution in [-0.4, -0.2) is 22.0 Å². The predicted molar refractivity (Wildman–Crippen MR) is 107 cm³/mol. The van der Waals surface area contributed by atoms with Gasteiger partial charge in [-0.05, 0) is 50.2 Å². The first kappa shape index (κ1) is 19.4. The van der Waals surface area contributed by atoms with Gasteiger partial charge in [-0.3, -0.25) is 14.2 Å². The maximum Gasteiger partial charge on any atom is 0.328 e. The molecule has 0 bridgehead atoms. The number of hydrogen-bond acceptors (Lipinski definition) is 3. The summed E-state index contributed by atoms with van der Waals surface area (Å²) in [5.41, 5.74) is -0.00756. The molecule has 2 N–H and O–H groups in total. The number of amides is 1. The average molecular weight is 371 g/mol. The number of unbranched alkanes of at least 4 members (excludes halogenated alkanes) is 2. The second-order valence-electron chi connectivity index (χ2n) is 7.61. The van der Waals surface area contributed by atoms with Crippen LogP contribution in [0.5, 0.6) is 0 Å². The van der Waals surface area contributed by atoms with Crippen LogP contribution in [0.15, 0.2) is 33.9 Å². The van der Waals surface area contributed by atoms with E-state index in [2.05, 4.69) is 17.2 Å². The third-order valence-corrected chi connectivity index (χ3v) is 5.63. The minimum absolute atomic E-state index is 0.0643. The van der Waals surface area contributed by atoms with Crippen LogP contribution in [0.3, 0.4) is 0 Å². The van der Waals surface area contributed by atoms with Gasteiger partial charge in [-0.1, -0.05) is 31.9 Å². The fourth-order valence-electron chi connectivity index (χ4n) is 3.96. The smallest absolute Gasteiger partial charge is 0.328 e. The fourth-order valence-corrected chi connectivity index (χ4v) is 3.96. The zero-order valence-electron chi connectivity index (χ0n) is 16.0. The van der Waals surface area contributed by atoms with Gasteiger partial charge >= 0.3 is 5.69 Å². The van der Waals surface area contributed by atoms with Crippen molar-refractivity contribution in [1.82, 2.24) is 14.9 Å². The first-order valence-corrected chi connectivity index (χ1v) is 10.1. The van der Waals surface area contributed by atoms with E-state index < -0.39 is 0 Å². The van der Waals surface area contributed by atoms with Gasteiger partial charge in [0, 0.05) is 19.0 Å². The van der Waals surface area contributed by atoms with Crippen molar-refractivity contribution in [2.75, 3.05) is 6.54 Å².